The number of oxazole rings is 1. The zero-order valence-electron chi connectivity index (χ0n) is 23.5. The molecule has 0 atom stereocenters. The second kappa shape index (κ2) is 8.56. The van der Waals surface area contributed by atoms with Crippen LogP contribution in [0.3, 0.4) is 0 Å². The third-order valence-electron chi connectivity index (χ3n) is 8.85. The monoisotopic (exact) mass is 536 g/mol. The fourth-order valence-corrected chi connectivity index (χ4v) is 6.01. The SMILES string of the molecule is CC1(C)OB(c2ccc3c(c2)c2c4c(ccc5nc(-c6ccccc6)oc54)ccc2n3-c2ccccc2)OC1(C)C. The van der Waals surface area contributed by atoms with E-state index >= 15 is 0 Å². The lowest BCUT2D eigenvalue weighted by molar-refractivity contribution is 0.00578. The van der Waals surface area contributed by atoms with Gasteiger partial charge in [-0.25, -0.2) is 4.98 Å². The Balaban J connectivity index is 1.46. The first-order valence-electron chi connectivity index (χ1n) is 14.1. The fraction of sp³-hybridized carbons (Fsp3) is 0.171. The van der Waals surface area contributed by atoms with Gasteiger partial charge in [-0.1, -0.05) is 60.7 Å². The average molecular weight is 536 g/mol. The number of hydrogen-bond donors (Lipinski definition) is 0. The van der Waals surface area contributed by atoms with Crippen molar-refractivity contribution < 1.29 is 13.7 Å². The summed E-state index contributed by atoms with van der Waals surface area (Å²) in [5.74, 6) is 0.620. The molecule has 3 heterocycles. The summed E-state index contributed by atoms with van der Waals surface area (Å²) in [6, 6.07) is 35.7. The molecule has 0 N–H and O–H groups in total. The first-order valence-corrected chi connectivity index (χ1v) is 14.1. The Hall–Kier alpha value is -4.39. The standard InChI is InChI=1S/C35H29BN2O3/c1-34(2)35(3,4)41-36(40-34)24-17-20-28-26(21-24)31-29(38(28)25-13-9-6-10-14-25)19-16-22-15-18-27-32(30(22)31)39-33(37-27)23-11-7-5-8-12-23/h5-21H,1-4H3. The molecule has 0 saturated carbocycles. The molecule has 200 valence electrons. The largest absolute Gasteiger partial charge is 0.494 e. The summed E-state index contributed by atoms with van der Waals surface area (Å²) in [4.78, 5) is 4.88. The normalized spacial score (nSPS) is 16.4. The summed E-state index contributed by atoms with van der Waals surface area (Å²) in [5, 5.41) is 4.40. The average Bonchev–Trinajstić information content (AvgIpc) is 3.62. The predicted octanol–water partition coefficient (Wildman–Crippen LogP) is 8.04. The van der Waals surface area contributed by atoms with E-state index in [9.17, 15) is 0 Å². The molecule has 1 aliphatic rings. The molecule has 5 aromatic carbocycles. The highest BCUT2D eigenvalue weighted by Gasteiger charge is 2.51. The number of hydrogen-bond acceptors (Lipinski definition) is 4. The quantitative estimate of drug-likeness (QED) is 0.215. The van der Waals surface area contributed by atoms with E-state index in [-0.39, 0.29) is 0 Å². The van der Waals surface area contributed by atoms with Crippen LogP contribution in [0, 0.1) is 0 Å². The van der Waals surface area contributed by atoms with Gasteiger partial charge >= 0.3 is 7.12 Å². The second-order valence-corrected chi connectivity index (χ2v) is 11.9. The molecule has 0 radical (unpaired) electrons. The van der Waals surface area contributed by atoms with Gasteiger partial charge in [0.05, 0.1) is 22.2 Å². The first-order chi connectivity index (χ1) is 19.8. The number of aromatic nitrogens is 2. The Bertz CT molecular complexity index is 2090. The number of nitrogens with zero attached hydrogens (tertiary/aromatic N) is 2. The molecule has 1 fully saturated rings. The van der Waals surface area contributed by atoms with Crippen LogP contribution in [0.1, 0.15) is 27.7 Å². The van der Waals surface area contributed by atoms with Crippen LogP contribution in [0.4, 0.5) is 0 Å². The third kappa shape index (κ3) is 3.61. The zero-order chi connectivity index (χ0) is 27.9. The molecule has 41 heavy (non-hydrogen) atoms. The van der Waals surface area contributed by atoms with Gasteiger partial charge in [-0.2, -0.15) is 0 Å². The van der Waals surface area contributed by atoms with Crippen molar-refractivity contribution in [3.8, 4) is 17.1 Å². The van der Waals surface area contributed by atoms with Crippen molar-refractivity contribution in [2.45, 2.75) is 38.9 Å². The number of fused-ring (bicyclic) bond motifs is 7. The van der Waals surface area contributed by atoms with Crippen molar-refractivity contribution in [2.24, 2.45) is 0 Å². The Labute approximate surface area is 238 Å². The summed E-state index contributed by atoms with van der Waals surface area (Å²) in [6.07, 6.45) is 0. The van der Waals surface area contributed by atoms with Gasteiger partial charge in [0.2, 0.25) is 5.89 Å². The van der Waals surface area contributed by atoms with E-state index in [1.54, 1.807) is 0 Å². The van der Waals surface area contributed by atoms with Crippen molar-refractivity contribution >= 4 is 56.3 Å². The van der Waals surface area contributed by atoms with E-state index in [0.29, 0.717) is 5.89 Å². The zero-order valence-corrected chi connectivity index (χ0v) is 23.5. The van der Waals surface area contributed by atoms with Crippen molar-refractivity contribution in [1.82, 2.24) is 9.55 Å². The number of rotatable bonds is 3. The minimum Gasteiger partial charge on any atom is -0.435 e. The molecule has 0 bridgehead atoms. The van der Waals surface area contributed by atoms with Crippen molar-refractivity contribution in [2.75, 3.05) is 0 Å². The van der Waals surface area contributed by atoms with E-state index < -0.39 is 18.3 Å². The van der Waals surface area contributed by atoms with E-state index in [1.165, 1.54) is 0 Å². The lowest BCUT2D eigenvalue weighted by Crippen LogP contribution is -2.41. The lowest BCUT2D eigenvalue weighted by atomic mass is 9.78. The Morgan fingerprint density at radius 3 is 2.07 bits per heavy atom. The Morgan fingerprint density at radius 2 is 1.34 bits per heavy atom. The maximum absolute atomic E-state index is 6.55. The molecule has 5 nitrogen and oxygen atoms in total. The summed E-state index contributed by atoms with van der Waals surface area (Å²) in [7, 11) is -0.454. The van der Waals surface area contributed by atoms with Crippen molar-refractivity contribution in [1.29, 1.82) is 0 Å². The van der Waals surface area contributed by atoms with Gasteiger partial charge in [-0.15, -0.1) is 0 Å². The highest BCUT2D eigenvalue weighted by atomic mass is 16.7. The molecule has 1 aliphatic heterocycles. The topological polar surface area (TPSA) is 49.4 Å². The molecule has 8 rings (SSSR count). The first kappa shape index (κ1) is 24.4. The maximum Gasteiger partial charge on any atom is 0.494 e. The maximum atomic E-state index is 6.55. The second-order valence-electron chi connectivity index (χ2n) is 11.9. The van der Waals surface area contributed by atoms with Gasteiger partial charge in [0.1, 0.15) is 5.52 Å². The Morgan fingerprint density at radius 1 is 0.683 bits per heavy atom. The van der Waals surface area contributed by atoms with Crippen molar-refractivity contribution in [3.05, 3.63) is 103 Å². The van der Waals surface area contributed by atoms with Crippen molar-refractivity contribution in [3.63, 3.8) is 0 Å². The van der Waals surface area contributed by atoms with Gasteiger partial charge < -0.3 is 18.3 Å². The fourth-order valence-electron chi connectivity index (χ4n) is 6.01. The van der Waals surface area contributed by atoms with E-state index in [0.717, 1.165) is 60.4 Å². The van der Waals surface area contributed by atoms with Gasteiger partial charge in [-0.3, -0.25) is 0 Å². The molecular formula is C35H29BN2O3. The van der Waals surface area contributed by atoms with E-state index in [4.69, 9.17) is 18.7 Å². The summed E-state index contributed by atoms with van der Waals surface area (Å²) < 4.78 is 21.8. The summed E-state index contributed by atoms with van der Waals surface area (Å²) >= 11 is 0. The van der Waals surface area contributed by atoms with E-state index in [2.05, 4.69) is 92.9 Å². The number of benzene rings is 5. The van der Waals surface area contributed by atoms with Crippen LogP contribution >= 0.6 is 0 Å². The van der Waals surface area contributed by atoms with E-state index in [1.807, 2.05) is 42.5 Å². The Kier molecular flexibility index (Phi) is 5.10. The molecule has 7 aromatic rings. The van der Waals surface area contributed by atoms with Crippen LogP contribution < -0.4 is 5.46 Å². The van der Waals surface area contributed by atoms with Gasteiger partial charge in [0.15, 0.2) is 5.58 Å². The molecule has 2 aromatic heterocycles. The summed E-state index contributed by atoms with van der Waals surface area (Å²) in [6.45, 7) is 8.35. The van der Waals surface area contributed by atoms with Gasteiger partial charge in [-0.05, 0) is 81.0 Å². The minimum absolute atomic E-state index is 0.419. The van der Waals surface area contributed by atoms with Crippen LogP contribution in [0.25, 0.3) is 60.8 Å². The third-order valence-corrected chi connectivity index (χ3v) is 8.85. The molecule has 0 unspecified atom stereocenters. The predicted molar refractivity (Wildman–Crippen MR) is 167 cm³/mol. The molecule has 0 spiro atoms. The van der Waals surface area contributed by atoms with Crippen LogP contribution in [-0.4, -0.2) is 27.9 Å². The molecule has 0 amide bonds. The highest BCUT2D eigenvalue weighted by Crippen LogP contribution is 2.41. The van der Waals surface area contributed by atoms with Gasteiger partial charge in [0.25, 0.3) is 0 Å². The molecular weight excluding hydrogens is 507 g/mol. The lowest BCUT2D eigenvalue weighted by Gasteiger charge is -2.32. The molecule has 1 saturated heterocycles. The van der Waals surface area contributed by atoms with Crippen LogP contribution in [-0.2, 0) is 9.31 Å². The van der Waals surface area contributed by atoms with Crippen LogP contribution in [0.5, 0.6) is 0 Å². The minimum atomic E-state index is -0.454. The van der Waals surface area contributed by atoms with Gasteiger partial charge in [0, 0.05) is 27.4 Å². The van der Waals surface area contributed by atoms with Crippen LogP contribution in [0.15, 0.2) is 108 Å². The number of para-hydroxylation sites is 1. The molecule has 0 aliphatic carbocycles. The van der Waals surface area contributed by atoms with Crippen LogP contribution in [0.2, 0.25) is 0 Å². The summed E-state index contributed by atoms with van der Waals surface area (Å²) in [5.41, 5.74) is 6.06. The highest BCUT2D eigenvalue weighted by molar-refractivity contribution is 6.62. The molecule has 6 heteroatoms. The smallest absolute Gasteiger partial charge is 0.435 e.